The highest BCUT2D eigenvalue weighted by atomic mass is 35.5. The van der Waals surface area contributed by atoms with E-state index < -0.39 is 10.8 Å². The Balaban J connectivity index is 2.12. The molecule has 0 spiro atoms. The zero-order valence-electron chi connectivity index (χ0n) is 10.2. The summed E-state index contributed by atoms with van der Waals surface area (Å²) >= 11 is 7.56. The van der Waals surface area contributed by atoms with Crippen LogP contribution in [0.15, 0.2) is 35.2 Å². The molecule has 0 fully saturated rings. The fraction of sp³-hybridized carbons (Fsp3) is 0. The van der Waals surface area contributed by atoms with Crippen molar-refractivity contribution in [2.45, 2.75) is 4.90 Å². The fourth-order valence-corrected chi connectivity index (χ4v) is 2.94. The smallest absolute Gasteiger partial charge is 0.299 e. The second-order valence-electron chi connectivity index (χ2n) is 3.70. The molecular weight excluding hydrogens is 334 g/mol. The Bertz CT molecular complexity index is 737. The molecule has 0 atom stereocenters. The SMILES string of the molecule is N#CSc1ccc(NC(=O)c2cc([N+](=O)[O-])c(Cl)s2)cc1. The van der Waals surface area contributed by atoms with Crippen LogP contribution in [-0.2, 0) is 0 Å². The summed E-state index contributed by atoms with van der Waals surface area (Å²) in [7, 11) is 0. The van der Waals surface area contributed by atoms with E-state index in [1.54, 1.807) is 24.3 Å². The number of thiophene rings is 1. The summed E-state index contributed by atoms with van der Waals surface area (Å²) in [6.07, 6.45) is 0. The summed E-state index contributed by atoms with van der Waals surface area (Å²) in [5.41, 5.74) is 0.238. The maximum absolute atomic E-state index is 12.0. The number of amides is 1. The largest absolute Gasteiger partial charge is 0.321 e. The number of hydrogen-bond donors (Lipinski definition) is 1. The first-order valence-corrected chi connectivity index (χ1v) is 7.43. The second-order valence-corrected chi connectivity index (χ2v) is 6.21. The molecule has 0 aliphatic carbocycles. The van der Waals surface area contributed by atoms with Gasteiger partial charge < -0.3 is 5.32 Å². The van der Waals surface area contributed by atoms with Gasteiger partial charge in [-0.05, 0) is 36.0 Å². The van der Waals surface area contributed by atoms with Crippen molar-refractivity contribution in [3.05, 3.63) is 49.7 Å². The fourth-order valence-electron chi connectivity index (χ4n) is 1.45. The van der Waals surface area contributed by atoms with Gasteiger partial charge in [0.15, 0.2) is 4.34 Å². The zero-order chi connectivity index (χ0) is 15.4. The molecule has 1 N–H and O–H groups in total. The van der Waals surface area contributed by atoms with Gasteiger partial charge in [0, 0.05) is 16.6 Å². The second kappa shape index (κ2) is 6.58. The third-order valence-electron chi connectivity index (χ3n) is 2.36. The molecule has 106 valence electrons. The number of thiocyanates is 1. The molecule has 1 aromatic carbocycles. The van der Waals surface area contributed by atoms with Gasteiger partial charge in [0.05, 0.1) is 4.92 Å². The van der Waals surface area contributed by atoms with E-state index in [1.807, 2.05) is 5.40 Å². The molecule has 0 saturated heterocycles. The number of halogens is 1. The van der Waals surface area contributed by atoms with Gasteiger partial charge in [0.2, 0.25) is 0 Å². The van der Waals surface area contributed by atoms with Crippen LogP contribution in [0.25, 0.3) is 0 Å². The van der Waals surface area contributed by atoms with E-state index in [-0.39, 0.29) is 14.9 Å². The summed E-state index contributed by atoms with van der Waals surface area (Å²) in [5, 5.41) is 23.8. The quantitative estimate of drug-likeness (QED) is 0.391. The first-order chi connectivity index (χ1) is 10.0. The van der Waals surface area contributed by atoms with Gasteiger partial charge in [0.25, 0.3) is 11.6 Å². The summed E-state index contributed by atoms with van der Waals surface area (Å²) < 4.78 is -0.0362. The monoisotopic (exact) mass is 339 g/mol. The van der Waals surface area contributed by atoms with Gasteiger partial charge in [-0.3, -0.25) is 14.9 Å². The molecule has 21 heavy (non-hydrogen) atoms. The molecule has 1 aromatic heterocycles. The molecule has 0 radical (unpaired) electrons. The van der Waals surface area contributed by atoms with Crippen molar-refractivity contribution in [2.24, 2.45) is 0 Å². The van der Waals surface area contributed by atoms with Gasteiger partial charge in [-0.2, -0.15) is 5.26 Å². The number of hydrogen-bond acceptors (Lipinski definition) is 6. The number of rotatable bonds is 4. The third-order valence-corrected chi connectivity index (χ3v) is 4.30. The van der Waals surface area contributed by atoms with Crippen LogP contribution in [0.4, 0.5) is 11.4 Å². The lowest BCUT2D eigenvalue weighted by atomic mass is 10.3. The van der Waals surface area contributed by atoms with E-state index in [0.29, 0.717) is 5.69 Å². The van der Waals surface area contributed by atoms with Gasteiger partial charge >= 0.3 is 0 Å². The number of nitriles is 1. The molecule has 0 aliphatic heterocycles. The lowest BCUT2D eigenvalue weighted by Crippen LogP contribution is -2.09. The average Bonchev–Trinajstić information content (AvgIpc) is 2.84. The number of nitrogens with zero attached hydrogens (tertiary/aromatic N) is 2. The number of nitrogens with one attached hydrogen (secondary N) is 1. The molecule has 2 rings (SSSR count). The third kappa shape index (κ3) is 3.72. The summed E-state index contributed by atoms with van der Waals surface area (Å²) in [6, 6.07) is 7.80. The maximum Gasteiger partial charge on any atom is 0.299 e. The van der Waals surface area contributed by atoms with Crippen molar-refractivity contribution >= 4 is 52.0 Å². The number of carbonyl (C=O) groups is 1. The van der Waals surface area contributed by atoms with Crippen LogP contribution in [0, 0.1) is 20.8 Å². The number of anilines is 1. The highest BCUT2D eigenvalue weighted by Crippen LogP contribution is 2.34. The van der Waals surface area contributed by atoms with Crippen molar-refractivity contribution in [3.8, 4) is 5.40 Å². The number of thioether (sulfide) groups is 1. The summed E-state index contributed by atoms with van der Waals surface area (Å²) in [5.74, 6) is -0.476. The van der Waals surface area contributed by atoms with Crippen LogP contribution in [-0.4, -0.2) is 10.8 Å². The molecule has 0 aliphatic rings. The van der Waals surface area contributed by atoms with Gasteiger partial charge in [0.1, 0.15) is 10.3 Å². The van der Waals surface area contributed by atoms with Crippen LogP contribution in [0.5, 0.6) is 0 Å². The van der Waals surface area contributed by atoms with E-state index >= 15 is 0 Å². The van der Waals surface area contributed by atoms with Crippen molar-refractivity contribution in [3.63, 3.8) is 0 Å². The van der Waals surface area contributed by atoms with Crippen LogP contribution < -0.4 is 5.32 Å². The molecular formula is C12H6ClN3O3S2. The van der Waals surface area contributed by atoms with E-state index in [0.717, 1.165) is 34.1 Å². The average molecular weight is 340 g/mol. The normalized spacial score (nSPS) is 9.90. The van der Waals surface area contributed by atoms with Gasteiger partial charge in [-0.25, -0.2) is 0 Å². The van der Waals surface area contributed by atoms with E-state index in [4.69, 9.17) is 16.9 Å². The van der Waals surface area contributed by atoms with Gasteiger partial charge in [-0.15, -0.1) is 11.3 Å². The van der Waals surface area contributed by atoms with Crippen molar-refractivity contribution < 1.29 is 9.72 Å². The molecule has 6 nitrogen and oxygen atoms in total. The highest BCUT2D eigenvalue weighted by molar-refractivity contribution is 8.03. The Morgan fingerprint density at radius 2 is 2.10 bits per heavy atom. The molecule has 9 heteroatoms. The van der Waals surface area contributed by atoms with E-state index in [1.165, 1.54) is 0 Å². The summed E-state index contributed by atoms with van der Waals surface area (Å²) in [6.45, 7) is 0. The van der Waals surface area contributed by atoms with Crippen LogP contribution in [0.1, 0.15) is 9.67 Å². The maximum atomic E-state index is 12.0. The van der Waals surface area contributed by atoms with Crippen molar-refractivity contribution in [2.75, 3.05) is 5.32 Å². The molecule has 2 aromatic rings. The highest BCUT2D eigenvalue weighted by Gasteiger charge is 2.21. The van der Waals surface area contributed by atoms with Crippen molar-refractivity contribution in [1.29, 1.82) is 5.26 Å². The minimum Gasteiger partial charge on any atom is -0.321 e. The molecule has 0 bridgehead atoms. The first kappa shape index (κ1) is 15.3. The molecule has 1 amide bonds. The first-order valence-electron chi connectivity index (χ1n) is 5.42. The molecule has 1 heterocycles. The minimum atomic E-state index is -0.635. The Morgan fingerprint density at radius 1 is 1.43 bits per heavy atom. The molecule has 0 unspecified atom stereocenters. The lowest BCUT2D eigenvalue weighted by molar-refractivity contribution is -0.384. The Labute approximate surface area is 132 Å². The Morgan fingerprint density at radius 3 is 2.62 bits per heavy atom. The number of benzene rings is 1. The zero-order valence-corrected chi connectivity index (χ0v) is 12.6. The minimum absolute atomic E-state index is 0.0362. The van der Waals surface area contributed by atoms with Crippen molar-refractivity contribution in [1.82, 2.24) is 0 Å². The molecule has 0 saturated carbocycles. The van der Waals surface area contributed by atoms with E-state index in [2.05, 4.69) is 5.32 Å². The standard InChI is InChI=1S/C12H6ClN3O3S2/c13-11-9(16(18)19)5-10(21-11)12(17)15-7-1-3-8(4-2-7)20-6-14/h1-5H,(H,15,17). The van der Waals surface area contributed by atoms with E-state index in [9.17, 15) is 14.9 Å². The Kier molecular flexibility index (Phi) is 4.80. The van der Waals surface area contributed by atoms with Crippen LogP contribution in [0.3, 0.4) is 0 Å². The summed E-state index contributed by atoms with van der Waals surface area (Å²) in [4.78, 5) is 22.9. The van der Waals surface area contributed by atoms with Gasteiger partial charge in [-0.1, -0.05) is 11.6 Å². The lowest BCUT2D eigenvalue weighted by Gasteiger charge is -2.03. The predicted octanol–water partition coefficient (Wildman–Crippen LogP) is 4.14. The number of carbonyl (C=O) groups excluding carboxylic acids is 1. The van der Waals surface area contributed by atoms with Crippen LogP contribution >= 0.6 is 34.7 Å². The Hall–Kier alpha value is -2.08. The number of nitro groups is 1. The van der Waals surface area contributed by atoms with Crippen LogP contribution in [0.2, 0.25) is 4.34 Å². The predicted molar refractivity (Wildman–Crippen MR) is 81.8 cm³/mol. The topological polar surface area (TPSA) is 96.0 Å².